The van der Waals surface area contributed by atoms with Gasteiger partial charge in [0.25, 0.3) is 16.9 Å². The lowest BCUT2D eigenvalue weighted by Crippen LogP contribution is -2.79. The maximum atomic E-state index is 12.5. The lowest BCUT2D eigenvalue weighted by Gasteiger charge is -2.32. The Bertz CT molecular complexity index is 520. The summed E-state index contributed by atoms with van der Waals surface area (Å²) in [7, 11) is 3.19. The third kappa shape index (κ3) is 2.86. The molecule has 1 saturated heterocycles. The van der Waals surface area contributed by atoms with E-state index in [9.17, 15) is 9.59 Å². The minimum absolute atomic E-state index is 0.212. The molecule has 0 aromatic carbocycles. The van der Waals surface area contributed by atoms with Crippen LogP contribution in [-0.4, -0.2) is 64.3 Å². The van der Waals surface area contributed by atoms with Crippen LogP contribution in [0.5, 0.6) is 0 Å². The minimum atomic E-state index is -0.490. The first kappa shape index (κ1) is 16.9. The van der Waals surface area contributed by atoms with E-state index in [0.29, 0.717) is 16.9 Å². The van der Waals surface area contributed by atoms with Crippen molar-refractivity contribution in [2.24, 2.45) is 5.92 Å². The van der Waals surface area contributed by atoms with Crippen molar-refractivity contribution in [2.45, 2.75) is 45.6 Å². The molecule has 22 heavy (non-hydrogen) atoms. The number of carbonyl (C=O) groups is 2. The monoisotopic (exact) mass is 325 g/mol. The average Bonchev–Trinajstić information content (AvgIpc) is 2.84. The summed E-state index contributed by atoms with van der Waals surface area (Å²) >= 11 is 5.40. The summed E-state index contributed by atoms with van der Waals surface area (Å²) in [6, 6.07) is -0.817. The van der Waals surface area contributed by atoms with E-state index in [-0.39, 0.29) is 11.9 Å². The highest BCUT2D eigenvalue weighted by Crippen LogP contribution is 2.21. The predicted molar refractivity (Wildman–Crippen MR) is 88.3 cm³/mol. The molecule has 6 nitrogen and oxygen atoms in total. The number of urea groups is 1. The molecule has 0 radical (unpaired) electrons. The number of carbonyl (C=O) groups excluding carboxylic acids is 2. The fourth-order valence-corrected chi connectivity index (χ4v) is 3.31. The number of fused-ring (bicyclic) bond motifs is 1. The largest absolute Gasteiger partial charge is 0.388 e. The van der Waals surface area contributed by atoms with E-state index in [4.69, 9.17) is 12.2 Å². The summed E-state index contributed by atoms with van der Waals surface area (Å²) < 4.78 is 0. The van der Waals surface area contributed by atoms with Gasteiger partial charge in [-0.1, -0.05) is 33.1 Å². The topological polar surface area (TPSA) is 57.8 Å². The second-order valence-corrected chi connectivity index (χ2v) is 6.41. The normalized spacial score (nSPS) is 23.1. The van der Waals surface area contributed by atoms with Crippen molar-refractivity contribution in [3.63, 3.8) is 0 Å². The number of unbranched alkanes of at least 4 members (excludes halogenated alkanes) is 1. The number of rotatable bonds is 6. The van der Waals surface area contributed by atoms with Crippen LogP contribution in [0.3, 0.4) is 0 Å². The highest BCUT2D eigenvalue weighted by molar-refractivity contribution is 7.79. The summed E-state index contributed by atoms with van der Waals surface area (Å²) in [4.78, 5) is 32.2. The Kier molecular flexibility index (Phi) is 5.16. The van der Waals surface area contributed by atoms with Gasteiger partial charge in [-0.2, -0.15) is 0 Å². The SMILES string of the molecule is CCCCC(CC)CN1C(=S)[NH+]=C2C1C(=O)N(C)C(=O)N2C. The molecule has 2 heterocycles. The molecule has 0 bridgehead atoms. The van der Waals surface area contributed by atoms with Gasteiger partial charge in [0, 0.05) is 7.05 Å². The highest BCUT2D eigenvalue weighted by Gasteiger charge is 2.54. The van der Waals surface area contributed by atoms with Gasteiger partial charge >= 0.3 is 6.03 Å². The minimum Gasteiger partial charge on any atom is -0.270 e. The lowest BCUT2D eigenvalue weighted by molar-refractivity contribution is -0.320. The van der Waals surface area contributed by atoms with Gasteiger partial charge in [0.1, 0.15) is 0 Å². The van der Waals surface area contributed by atoms with Crippen LogP contribution >= 0.6 is 12.2 Å². The number of imide groups is 1. The zero-order chi connectivity index (χ0) is 16.4. The summed E-state index contributed by atoms with van der Waals surface area (Å²) in [5.74, 6) is 0.874. The van der Waals surface area contributed by atoms with E-state index in [2.05, 4.69) is 18.8 Å². The van der Waals surface area contributed by atoms with Gasteiger partial charge in [0.05, 0.1) is 13.6 Å². The Hall–Kier alpha value is -1.50. The van der Waals surface area contributed by atoms with Crippen LogP contribution in [0.1, 0.15) is 39.5 Å². The second-order valence-electron chi connectivity index (χ2n) is 6.03. The fraction of sp³-hybridized carbons (Fsp3) is 0.733. The summed E-state index contributed by atoms with van der Waals surface area (Å²) in [6.07, 6.45) is 4.53. The zero-order valence-corrected chi connectivity index (χ0v) is 14.6. The van der Waals surface area contributed by atoms with Crippen molar-refractivity contribution in [1.29, 1.82) is 0 Å². The molecule has 2 atom stereocenters. The highest BCUT2D eigenvalue weighted by atomic mass is 32.1. The van der Waals surface area contributed by atoms with Gasteiger partial charge in [-0.05, 0) is 24.6 Å². The molecule has 122 valence electrons. The molecule has 0 aromatic heterocycles. The number of hydrogen-bond donors (Lipinski definition) is 1. The van der Waals surface area contributed by atoms with Gasteiger partial charge < -0.3 is 0 Å². The van der Waals surface area contributed by atoms with Crippen LogP contribution in [0.2, 0.25) is 0 Å². The molecular formula is C15H25N4O2S+. The van der Waals surface area contributed by atoms with Crippen LogP contribution < -0.4 is 4.99 Å². The summed E-state index contributed by atoms with van der Waals surface area (Å²) in [5.41, 5.74) is 0. The molecule has 2 unspecified atom stereocenters. The second kappa shape index (κ2) is 6.73. The zero-order valence-electron chi connectivity index (χ0n) is 13.8. The number of likely N-dealkylation sites (N-methyl/N-ethyl adjacent to an activating group) is 2. The van der Waals surface area contributed by atoms with Crippen molar-refractivity contribution in [1.82, 2.24) is 14.7 Å². The van der Waals surface area contributed by atoms with E-state index < -0.39 is 6.04 Å². The van der Waals surface area contributed by atoms with E-state index in [0.717, 1.165) is 19.4 Å². The first-order valence-corrected chi connectivity index (χ1v) is 8.32. The van der Waals surface area contributed by atoms with Gasteiger partial charge in [-0.25, -0.2) is 14.7 Å². The number of nitrogens with zero attached hydrogens (tertiary/aromatic N) is 3. The summed E-state index contributed by atoms with van der Waals surface area (Å²) in [5, 5.41) is 0.540. The smallest absolute Gasteiger partial charge is 0.270 e. The standard InChI is InChI=1S/C15H24N4O2S/c1-5-7-8-10(6-2)9-19-11-12(16-14(19)22)17(3)15(21)18(4)13(11)20/h10-11H,5-9H2,1-4H3/p+1. The average molecular weight is 325 g/mol. The van der Waals surface area contributed by atoms with Crippen LogP contribution in [-0.2, 0) is 4.79 Å². The van der Waals surface area contributed by atoms with Crippen molar-refractivity contribution in [3.05, 3.63) is 0 Å². The molecule has 1 fully saturated rings. The number of hydrogen-bond acceptors (Lipinski definition) is 3. The van der Waals surface area contributed by atoms with Crippen LogP contribution in [0.15, 0.2) is 0 Å². The fourth-order valence-electron chi connectivity index (χ4n) is 3.02. The van der Waals surface area contributed by atoms with Gasteiger partial charge in [0.2, 0.25) is 6.04 Å². The van der Waals surface area contributed by atoms with Crippen LogP contribution in [0.25, 0.3) is 0 Å². The predicted octanol–water partition coefficient (Wildman–Crippen LogP) is 0.175. The van der Waals surface area contributed by atoms with Crippen molar-refractivity contribution in [3.8, 4) is 0 Å². The molecular weight excluding hydrogens is 300 g/mol. The first-order chi connectivity index (χ1) is 10.4. The molecule has 2 rings (SSSR count). The molecule has 3 amide bonds. The number of amidine groups is 1. The number of nitrogens with one attached hydrogen (secondary N) is 1. The number of thiocarbonyl (C=S) groups is 1. The number of amides is 3. The Morgan fingerprint density at radius 1 is 1.23 bits per heavy atom. The van der Waals surface area contributed by atoms with Crippen LogP contribution in [0.4, 0.5) is 4.79 Å². The molecule has 7 heteroatoms. The van der Waals surface area contributed by atoms with Gasteiger partial charge in [-0.15, -0.1) is 0 Å². The summed E-state index contributed by atoms with van der Waals surface area (Å²) in [6.45, 7) is 5.10. The van der Waals surface area contributed by atoms with Crippen molar-refractivity contribution >= 4 is 35.1 Å². The van der Waals surface area contributed by atoms with E-state index >= 15 is 0 Å². The third-order valence-corrected chi connectivity index (χ3v) is 4.90. The Morgan fingerprint density at radius 2 is 1.91 bits per heavy atom. The molecule has 1 N–H and O–H groups in total. The molecule has 0 spiro atoms. The maximum absolute atomic E-state index is 12.5. The lowest BCUT2D eigenvalue weighted by atomic mass is 9.98. The molecule has 0 saturated carbocycles. The molecule has 0 aliphatic carbocycles. The molecule has 0 aromatic rings. The van der Waals surface area contributed by atoms with E-state index in [1.807, 2.05) is 4.90 Å². The third-order valence-electron chi connectivity index (χ3n) is 4.56. The van der Waals surface area contributed by atoms with E-state index in [1.165, 1.54) is 29.7 Å². The maximum Gasteiger partial charge on any atom is 0.388 e. The van der Waals surface area contributed by atoms with Gasteiger partial charge in [-0.3, -0.25) is 14.6 Å². The van der Waals surface area contributed by atoms with Crippen molar-refractivity contribution < 1.29 is 14.6 Å². The molecule has 2 aliphatic rings. The Morgan fingerprint density at radius 3 is 2.50 bits per heavy atom. The quantitative estimate of drug-likeness (QED) is 0.708. The molecule has 2 aliphatic heterocycles. The Labute approximate surface area is 137 Å². The van der Waals surface area contributed by atoms with E-state index in [1.54, 1.807) is 7.05 Å². The first-order valence-electron chi connectivity index (χ1n) is 7.92. The van der Waals surface area contributed by atoms with Gasteiger partial charge in [0.15, 0.2) is 0 Å². The van der Waals surface area contributed by atoms with Crippen LogP contribution in [0, 0.1) is 5.92 Å². The Balaban J connectivity index is 2.19. The van der Waals surface area contributed by atoms with Crippen molar-refractivity contribution in [2.75, 3.05) is 20.6 Å².